The number of rotatable bonds is 3. The summed E-state index contributed by atoms with van der Waals surface area (Å²) in [5.74, 6) is 0. The summed E-state index contributed by atoms with van der Waals surface area (Å²) in [7, 11) is 1.77. The Morgan fingerprint density at radius 3 is 3.00 bits per heavy atom. The number of piperazine rings is 1. The fraction of sp³-hybridized carbons (Fsp3) is 0.538. The molecule has 1 atom stereocenters. The Kier molecular flexibility index (Phi) is 3.80. The van der Waals surface area contributed by atoms with Gasteiger partial charge in [-0.15, -0.1) is 0 Å². The van der Waals surface area contributed by atoms with E-state index < -0.39 is 0 Å². The van der Waals surface area contributed by atoms with Gasteiger partial charge in [0.1, 0.15) is 0 Å². The van der Waals surface area contributed by atoms with Crippen molar-refractivity contribution in [2.24, 2.45) is 0 Å². The Hall–Kier alpha value is -1.06. The average Bonchev–Trinajstić information content (AvgIpc) is 2.31. The fourth-order valence-electron chi connectivity index (χ4n) is 2.31. The standard InChI is InChI=1S/C13H20N2O/c1-11-5-3-4-6-13(11)15-8-7-14-9-12(15)10-16-2/h3-6,12,14H,7-10H2,1-2H3. The first-order valence-electron chi connectivity index (χ1n) is 5.85. The molecule has 0 bridgehead atoms. The van der Waals surface area contributed by atoms with Crippen LogP contribution in [0.1, 0.15) is 5.56 Å². The molecule has 0 amide bonds. The highest BCUT2D eigenvalue weighted by Crippen LogP contribution is 2.22. The number of ether oxygens (including phenoxy) is 1. The second-order valence-corrected chi connectivity index (χ2v) is 4.29. The van der Waals surface area contributed by atoms with Crippen molar-refractivity contribution in [3.63, 3.8) is 0 Å². The number of benzene rings is 1. The lowest BCUT2D eigenvalue weighted by Crippen LogP contribution is -2.53. The van der Waals surface area contributed by atoms with Crippen molar-refractivity contribution in [2.45, 2.75) is 13.0 Å². The molecule has 0 aliphatic carbocycles. The fourth-order valence-corrected chi connectivity index (χ4v) is 2.31. The molecule has 1 unspecified atom stereocenters. The number of anilines is 1. The lowest BCUT2D eigenvalue weighted by molar-refractivity contribution is 0.170. The van der Waals surface area contributed by atoms with Crippen molar-refractivity contribution in [3.8, 4) is 0 Å². The van der Waals surface area contributed by atoms with Crippen LogP contribution in [0.25, 0.3) is 0 Å². The third-order valence-corrected chi connectivity index (χ3v) is 3.13. The molecular weight excluding hydrogens is 200 g/mol. The van der Waals surface area contributed by atoms with E-state index in [1.165, 1.54) is 11.3 Å². The van der Waals surface area contributed by atoms with Gasteiger partial charge in [0, 0.05) is 32.4 Å². The zero-order valence-corrected chi connectivity index (χ0v) is 10.1. The maximum Gasteiger partial charge on any atom is 0.0678 e. The van der Waals surface area contributed by atoms with Crippen molar-refractivity contribution < 1.29 is 4.74 Å². The number of nitrogens with zero attached hydrogens (tertiary/aromatic N) is 1. The van der Waals surface area contributed by atoms with E-state index in [1.807, 2.05) is 0 Å². The maximum absolute atomic E-state index is 5.29. The zero-order valence-electron chi connectivity index (χ0n) is 10.1. The van der Waals surface area contributed by atoms with Crippen molar-refractivity contribution in [2.75, 3.05) is 38.3 Å². The van der Waals surface area contributed by atoms with Gasteiger partial charge in [0.05, 0.1) is 12.6 Å². The molecule has 0 saturated carbocycles. The van der Waals surface area contributed by atoms with Gasteiger partial charge in [-0.2, -0.15) is 0 Å². The molecular formula is C13H20N2O. The molecule has 3 nitrogen and oxygen atoms in total. The van der Waals surface area contributed by atoms with Crippen molar-refractivity contribution in [3.05, 3.63) is 29.8 Å². The van der Waals surface area contributed by atoms with Crippen LogP contribution >= 0.6 is 0 Å². The minimum atomic E-state index is 0.444. The van der Waals surface area contributed by atoms with Crippen LogP contribution in [0, 0.1) is 6.92 Å². The average molecular weight is 220 g/mol. The Morgan fingerprint density at radius 1 is 1.44 bits per heavy atom. The van der Waals surface area contributed by atoms with Gasteiger partial charge < -0.3 is 15.0 Å². The monoisotopic (exact) mass is 220 g/mol. The molecule has 0 radical (unpaired) electrons. The van der Waals surface area contributed by atoms with Crippen LogP contribution in [0.5, 0.6) is 0 Å². The van der Waals surface area contributed by atoms with Gasteiger partial charge in [0.2, 0.25) is 0 Å². The van der Waals surface area contributed by atoms with Crippen LogP contribution in [0.15, 0.2) is 24.3 Å². The van der Waals surface area contributed by atoms with Crippen LogP contribution in [0.2, 0.25) is 0 Å². The quantitative estimate of drug-likeness (QED) is 0.834. The summed E-state index contributed by atoms with van der Waals surface area (Å²) < 4.78 is 5.29. The minimum absolute atomic E-state index is 0.444. The largest absolute Gasteiger partial charge is 0.383 e. The summed E-state index contributed by atoms with van der Waals surface area (Å²) in [4.78, 5) is 2.45. The molecule has 1 fully saturated rings. The maximum atomic E-state index is 5.29. The molecule has 1 heterocycles. The van der Waals surface area contributed by atoms with Crippen molar-refractivity contribution in [1.82, 2.24) is 5.32 Å². The molecule has 2 rings (SSSR count). The predicted molar refractivity (Wildman–Crippen MR) is 67.1 cm³/mol. The molecule has 1 saturated heterocycles. The SMILES string of the molecule is COCC1CNCCN1c1ccccc1C. The van der Waals surface area contributed by atoms with E-state index in [0.29, 0.717) is 6.04 Å². The van der Waals surface area contributed by atoms with Crippen LogP contribution in [-0.2, 0) is 4.74 Å². The first-order valence-corrected chi connectivity index (χ1v) is 5.85. The van der Waals surface area contributed by atoms with Gasteiger partial charge in [-0.25, -0.2) is 0 Å². The van der Waals surface area contributed by atoms with Crippen LogP contribution in [0.3, 0.4) is 0 Å². The second-order valence-electron chi connectivity index (χ2n) is 4.29. The number of para-hydroxylation sites is 1. The summed E-state index contributed by atoms with van der Waals surface area (Å²) in [5, 5.41) is 3.42. The number of methoxy groups -OCH3 is 1. The highest BCUT2D eigenvalue weighted by Gasteiger charge is 2.22. The van der Waals surface area contributed by atoms with Gasteiger partial charge >= 0.3 is 0 Å². The van der Waals surface area contributed by atoms with Gasteiger partial charge in [0.25, 0.3) is 0 Å². The Morgan fingerprint density at radius 2 is 2.25 bits per heavy atom. The van der Waals surface area contributed by atoms with E-state index in [9.17, 15) is 0 Å². The summed E-state index contributed by atoms with van der Waals surface area (Å²) in [6.45, 7) is 6.05. The Labute approximate surface area is 97.4 Å². The number of hydrogen-bond donors (Lipinski definition) is 1. The highest BCUT2D eigenvalue weighted by molar-refractivity contribution is 5.54. The van der Waals surface area contributed by atoms with Gasteiger partial charge in [-0.05, 0) is 18.6 Å². The third kappa shape index (κ3) is 2.36. The molecule has 88 valence electrons. The smallest absolute Gasteiger partial charge is 0.0678 e. The molecule has 1 N–H and O–H groups in total. The van der Waals surface area contributed by atoms with Crippen LogP contribution in [-0.4, -0.2) is 39.4 Å². The molecule has 1 aliphatic rings. The molecule has 1 aliphatic heterocycles. The Balaban J connectivity index is 2.19. The van der Waals surface area contributed by atoms with E-state index in [0.717, 1.165) is 26.2 Å². The van der Waals surface area contributed by atoms with Gasteiger partial charge in [-0.3, -0.25) is 0 Å². The molecule has 0 aromatic heterocycles. The van der Waals surface area contributed by atoms with Crippen LogP contribution in [0.4, 0.5) is 5.69 Å². The van der Waals surface area contributed by atoms with Crippen LogP contribution < -0.4 is 10.2 Å². The molecule has 3 heteroatoms. The summed E-state index contributed by atoms with van der Waals surface area (Å²) >= 11 is 0. The molecule has 1 aromatic carbocycles. The first kappa shape index (κ1) is 11.4. The minimum Gasteiger partial charge on any atom is -0.383 e. The zero-order chi connectivity index (χ0) is 11.4. The van der Waals surface area contributed by atoms with Crippen molar-refractivity contribution >= 4 is 5.69 Å². The summed E-state index contributed by atoms with van der Waals surface area (Å²) in [6.07, 6.45) is 0. The molecule has 1 aromatic rings. The number of hydrogen-bond acceptors (Lipinski definition) is 3. The van der Waals surface area contributed by atoms with Gasteiger partial charge in [0.15, 0.2) is 0 Å². The normalized spacial score (nSPS) is 21.1. The van der Waals surface area contributed by atoms with E-state index in [4.69, 9.17) is 4.74 Å². The van der Waals surface area contributed by atoms with Gasteiger partial charge in [-0.1, -0.05) is 18.2 Å². The van der Waals surface area contributed by atoms with E-state index >= 15 is 0 Å². The molecule has 0 spiro atoms. The highest BCUT2D eigenvalue weighted by atomic mass is 16.5. The number of aryl methyl sites for hydroxylation is 1. The number of nitrogens with one attached hydrogen (secondary N) is 1. The first-order chi connectivity index (χ1) is 7.83. The third-order valence-electron chi connectivity index (χ3n) is 3.13. The second kappa shape index (κ2) is 5.32. The van der Waals surface area contributed by atoms with Crippen molar-refractivity contribution in [1.29, 1.82) is 0 Å². The Bertz CT molecular complexity index is 338. The van der Waals surface area contributed by atoms with E-state index in [2.05, 4.69) is 41.4 Å². The topological polar surface area (TPSA) is 24.5 Å². The molecule has 16 heavy (non-hydrogen) atoms. The van der Waals surface area contributed by atoms with E-state index in [1.54, 1.807) is 7.11 Å². The van der Waals surface area contributed by atoms with E-state index in [-0.39, 0.29) is 0 Å². The lowest BCUT2D eigenvalue weighted by atomic mass is 10.1. The summed E-state index contributed by atoms with van der Waals surface area (Å²) in [5.41, 5.74) is 2.68. The lowest BCUT2D eigenvalue weighted by Gasteiger charge is -2.38. The predicted octanol–water partition coefficient (Wildman–Crippen LogP) is 1.42. The summed E-state index contributed by atoms with van der Waals surface area (Å²) in [6, 6.07) is 9.00.